The standard InChI is InChI=1S/C16H19BrN4/c1-3-13-16(17)15(21(4-2)19-13)10-20-8-7-11-5-6-12(18)9-14(11)20/h5-9H,3-4,10,18H2,1-2H3. The molecule has 1 aromatic carbocycles. The maximum atomic E-state index is 5.92. The molecule has 2 aromatic heterocycles. The van der Waals surface area contributed by atoms with Crippen molar-refractivity contribution in [3.63, 3.8) is 0 Å². The third kappa shape index (κ3) is 2.46. The minimum Gasteiger partial charge on any atom is -0.399 e. The van der Waals surface area contributed by atoms with Crippen molar-refractivity contribution in [2.75, 3.05) is 5.73 Å². The number of aryl methyl sites for hydroxylation is 2. The second kappa shape index (κ2) is 5.56. The quantitative estimate of drug-likeness (QED) is 0.730. The molecule has 21 heavy (non-hydrogen) atoms. The predicted octanol–water partition coefficient (Wildman–Crippen LogP) is 3.81. The number of anilines is 1. The number of rotatable bonds is 4. The molecule has 5 heteroatoms. The first-order valence-electron chi connectivity index (χ1n) is 7.22. The van der Waals surface area contributed by atoms with Crippen molar-refractivity contribution < 1.29 is 0 Å². The normalized spacial score (nSPS) is 11.4. The van der Waals surface area contributed by atoms with Crippen LogP contribution in [-0.2, 0) is 19.5 Å². The first-order valence-corrected chi connectivity index (χ1v) is 8.01. The molecule has 0 atom stereocenters. The summed E-state index contributed by atoms with van der Waals surface area (Å²) < 4.78 is 5.41. The van der Waals surface area contributed by atoms with E-state index in [1.807, 2.05) is 12.1 Å². The molecule has 2 N–H and O–H groups in total. The van der Waals surface area contributed by atoms with Crippen LogP contribution in [0.3, 0.4) is 0 Å². The van der Waals surface area contributed by atoms with Crippen molar-refractivity contribution in [1.29, 1.82) is 0 Å². The van der Waals surface area contributed by atoms with Crippen molar-refractivity contribution in [2.24, 2.45) is 0 Å². The minimum atomic E-state index is 0.786. The average Bonchev–Trinajstić information content (AvgIpc) is 3.01. The van der Waals surface area contributed by atoms with Crippen LogP contribution in [0.4, 0.5) is 5.69 Å². The molecule has 0 aliphatic heterocycles. The largest absolute Gasteiger partial charge is 0.399 e. The van der Waals surface area contributed by atoms with Crippen molar-refractivity contribution in [3.05, 3.63) is 46.3 Å². The van der Waals surface area contributed by atoms with Crippen LogP contribution >= 0.6 is 15.9 Å². The van der Waals surface area contributed by atoms with Gasteiger partial charge in [-0.1, -0.05) is 13.0 Å². The molecular formula is C16H19BrN4. The van der Waals surface area contributed by atoms with Gasteiger partial charge in [0.05, 0.1) is 27.9 Å². The summed E-state index contributed by atoms with van der Waals surface area (Å²) >= 11 is 3.71. The summed E-state index contributed by atoms with van der Waals surface area (Å²) in [4.78, 5) is 0. The van der Waals surface area contributed by atoms with Crippen LogP contribution in [0.1, 0.15) is 25.2 Å². The molecule has 0 unspecified atom stereocenters. The number of nitrogen functional groups attached to an aromatic ring is 1. The topological polar surface area (TPSA) is 48.8 Å². The van der Waals surface area contributed by atoms with Crippen LogP contribution in [0.2, 0.25) is 0 Å². The Bertz CT molecular complexity index is 785. The predicted molar refractivity (Wildman–Crippen MR) is 90.4 cm³/mol. The molecular weight excluding hydrogens is 328 g/mol. The molecule has 0 aliphatic rings. The minimum absolute atomic E-state index is 0.786. The Morgan fingerprint density at radius 1 is 1.24 bits per heavy atom. The third-order valence-corrected chi connectivity index (χ3v) is 4.73. The van der Waals surface area contributed by atoms with E-state index in [0.29, 0.717) is 0 Å². The zero-order chi connectivity index (χ0) is 15.0. The monoisotopic (exact) mass is 346 g/mol. The van der Waals surface area contributed by atoms with E-state index < -0.39 is 0 Å². The van der Waals surface area contributed by atoms with Gasteiger partial charge in [-0.3, -0.25) is 4.68 Å². The molecule has 0 spiro atoms. The van der Waals surface area contributed by atoms with Gasteiger partial charge in [0.25, 0.3) is 0 Å². The lowest BCUT2D eigenvalue weighted by Crippen LogP contribution is -2.07. The average molecular weight is 347 g/mol. The lowest BCUT2D eigenvalue weighted by molar-refractivity contribution is 0.598. The van der Waals surface area contributed by atoms with Gasteiger partial charge in [0.15, 0.2) is 0 Å². The lowest BCUT2D eigenvalue weighted by Gasteiger charge is -2.09. The fraction of sp³-hybridized carbons (Fsp3) is 0.312. The molecule has 2 heterocycles. The van der Waals surface area contributed by atoms with Gasteiger partial charge in [-0.15, -0.1) is 0 Å². The van der Waals surface area contributed by atoms with Gasteiger partial charge in [0, 0.05) is 18.4 Å². The van der Waals surface area contributed by atoms with Gasteiger partial charge >= 0.3 is 0 Å². The van der Waals surface area contributed by atoms with E-state index in [-0.39, 0.29) is 0 Å². The Morgan fingerprint density at radius 3 is 2.76 bits per heavy atom. The molecule has 110 valence electrons. The van der Waals surface area contributed by atoms with Crippen molar-refractivity contribution >= 4 is 32.5 Å². The summed E-state index contributed by atoms with van der Waals surface area (Å²) in [5, 5.41) is 5.86. The van der Waals surface area contributed by atoms with Gasteiger partial charge in [-0.05, 0) is 52.9 Å². The van der Waals surface area contributed by atoms with E-state index in [1.165, 1.54) is 11.1 Å². The van der Waals surface area contributed by atoms with E-state index in [1.54, 1.807) is 0 Å². The van der Waals surface area contributed by atoms with E-state index in [4.69, 9.17) is 5.73 Å². The molecule has 0 fully saturated rings. The number of aromatic nitrogens is 3. The van der Waals surface area contributed by atoms with E-state index >= 15 is 0 Å². The molecule has 4 nitrogen and oxygen atoms in total. The van der Waals surface area contributed by atoms with Crippen LogP contribution in [0, 0.1) is 0 Å². The highest BCUT2D eigenvalue weighted by molar-refractivity contribution is 9.10. The molecule has 0 aliphatic carbocycles. The van der Waals surface area contributed by atoms with Crippen LogP contribution in [-0.4, -0.2) is 14.3 Å². The number of benzene rings is 1. The first kappa shape index (κ1) is 14.2. The van der Waals surface area contributed by atoms with Crippen molar-refractivity contribution in [1.82, 2.24) is 14.3 Å². The van der Waals surface area contributed by atoms with Gasteiger partial charge in [-0.2, -0.15) is 5.10 Å². The second-order valence-electron chi connectivity index (χ2n) is 5.14. The SMILES string of the molecule is CCc1nn(CC)c(Cn2ccc3ccc(N)cc32)c1Br. The summed E-state index contributed by atoms with van der Waals surface area (Å²) in [7, 11) is 0. The maximum absolute atomic E-state index is 5.92. The summed E-state index contributed by atoms with van der Waals surface area (Å²) in [6, 6.07) is 8.14. The second-order valence-corrected chi connectivity index (χ2v) is 5.93. The van der Waals surface area contributed by atoms with Gasteiger partial charge in [-0.25, -0.2) is 0 Å². The van der Waals surface area contributed by atoms with Crippen LogP contribution in [0.15, 0.2) is 34.9 Å². The molecule has 0 amide bonds. The molecule has 0 radical (unpaired) electrons. The molecule has 0 saturated carbocycles. The number of nitrogens with zero attached hydrogens (tertiary/aromatic N) is 3. The number of nitrogens with two attached hydrogens (primary N) is 1. The highest BCUT2D eigenvalue weighted by atomic mass is 79.9. The number of halogens is 1. The van der Waals surface area contributed by atoms with Crippen molar-refractivity contribution in [3.8, 4) is 0 Å². The summed E-state index contributed by atoms with van der Waals surface area (Å²) in [5.41, 5.74) is 10.2. The number of hydrogen-bond acceptors (Lipinski definition) is 2. The van der Waals surface area contributed by atoms with E-state index in [2.05, 4.69) is 62.5 Å². The zero-order valence-electron chi connectivity index (χ0n) is 12.3. The Labute approximate surface area is 132 Å². The molecule has 3 rings (SSSR count). The highest BCUT2D eigenvalue weighted by Crippen LogP contribution is 2.26. The first-order chi connectivity index (χ1) is 10.1. The van der Waals surface area contributed by atoms with E-state index in [0.717, 1.165) is 40.9 Å². The molecule has 0 bridgehead atoms. The van der Waals surface area contributed by atoms with Crippen molar-refractivity contribution in [2.45, 2.75) is 33.4 Å². The summed E-state index contributed by atoms with van der Waals surface area (Å²) in [6.07, 6.45) is 3.04. The highest BCUT2D eigenvalue weighted by Gasteiger charge is 2.15. The van der Waals surface area contributed by atoms with Gasteiger partial charge in [0.1, 0.15) is 0 Å². The fourth-order valence-corrected chi connectivity index (χ4v) is 3.36. The number of hydrogen-bond donors (Lipinski definition) is 1. The Morgan fingerprint density at radius 2 is 2.05 bits per heavy atom. The maximum Gasteiger partial charge on any atom is 0.0767 e. The van der Waals surface area contributed by atoms with E-state index in [9.17, 15) is 0 Å². The Balaban J connectivity index is 2.06. The van der Waals surface area contributed by atoms with Crippen LogP contribution in [0.5, 0.6) is 0 Å². The van der Waals surface area contributed by atoms with Gasteiger partial charge < -0.3 is 10.3 Å². The number of fused-ring (bicyclic) bond motifs is 1. The fourth-order valence-electron chi connectivity index (χ4n) is 2.67. The smallest absolute Gasteiger partial charge is 0.0767 e. The summed E-state index contributed by atoms with van der Waals surface area (Å²) in [5.74, 6) is 0. The zero-order valence-corrected chi connectivity index (χ0v) is 13.9. The third-order valence-electron chi connectivity index (χ3n) is 3.81. The van der Waals surface area contributed by atoms with Crippen LogP contribution in [0.25, 0.3) is 10.9 Å². The molecule has 3 aromatic rings. The Kier molecular flexibility index (Phi) is 3.76. The Hall–Kier alpha value is -1.75. The summed E-state index contributed by atoms with van der Waals surface area (Å²) in [6.45, 7) is 5.90. The molecule has 0 saturated heterocycles. The lowest BCUT2D eigenvalue weighted by atomic mass is 10.2. The van der Waals surface area contributed by atoms with Crippen LogP contribution < -0.4 is 5.73 Å². The van der Waals surface area contributed by atoms with Gasteiger partial charge in [0.2, 0.25) is 0 Å².